The van der Waals surface area contributed by atoms with Crippen LogP contribution in [0.1, 0.15) is 19.8 Å². The molecular weight excluding hydrogens is 278 g/mol. The number of rotatable bonds is 6. The number of H-pyrrole nitrogens is 1. The first-order valence-corrected chi connectivity index (χ1v) is 7.93. The summed E-state index contributed by atoms with van der Waals surface area (Å²) in [7, 11) is -3.56. The number of aliphatic hydroxyl groups is 1. The fourth-order valence-corrected chi connectivity index (χ4v) is 3.27. The normalized spacial score (nSPS) is 13.7. The SMILES string of the molecule is CC(O)CCCNS(=O)(=O)c1c[nH]c2cc(N)ccc12. The number of aromatic nitrogens is 1. The molecule has 2 aromatic rings. The van der Waals surface area contributed by atoms with Gasteiger partial charge in [0, 0.05) is 29.3 Å². The second kappa shape index (κ2) is 5.82. The molecule has 1 aromatic carbocycles. The van der Waals surface area contributed by atoms with Crippen LogP contribution in [0, 0.1) is 0 Å². The minimum absolute atomic E-state index is 0.213. The largest absolute Gasteiger partial charge is 0.399 e. The van der Waals surface area contributed by atoms with E-state index in [-0.39, 0.29) is 4.90 Å². The van der Waals surface area contributed by atoms with Gasteiger partial charge in [0.15, 0.2) is 0 Å². The van der Waals surface area contributed by atoms with E-state index in [1.54, 1.807) is 25.1 Å². The van der Waals surface area contributed by atoms with Gasteiger partial charge in [0.05, 0.1) is 6.10 Å². The van der Waals surface area contributed by atoms with Gasteiger partial charge in [0.25, 0.3) is 0 Å². The number of hydrogen-bond acceptors (Lipinski definition) is 4. The van der Waals surface area contributed by atoms with E-state index >= 15 is 0 Å². The number of benzene rings is 1. The Kier molecular flexibility index (Phi) is 4.32. The summed E-state index contributed by atoms with van der Waals surface area (Å²) in [6.45, 7) is 1.98. The molecule has 110 valence electrons. The summed E-state index contributed by atoms with van der Waals surface area (Å²) >= 11 is 0. The lowest BCUT2D eigenvalue weighted by molar-refractivity contribution is 0.182. The Bertz CT molecular complexity index is 692. The van der Waals surface area contributed by atoms with E-state index in [0.717, 1.165) is 0 Å². The average Bonchev–Trinajstić information content (AvgIpc) is 2.78. The van der Waals surface area contributed by atoms with Gasteiger partial charge in [-0.25, -0.2) is 13.1 Å². The molecule has 1 heterocycles. The average molecular weight is 297 g/mol. The van der Waals surface area contributed by atoms with Crippen molar-refractivity contribution in [3.05, 3.63) is 24.4 Å². The standard InChI is InChI=1S/C13H19N3O3S/c1-9(17)3-2-6-16-20(18,19)13-8-15-12-7-10(14)4-5-11(12)13/h4-5,7-9,15-17H,2-3,6,14H2,1H3. The van der Waals surface area contributed by atoms with Gasteiger partial charge >= 0.3 is 0 Å². The molecule has 0 amide bonds. The highest BCUT2D eigenvalue weighted by Crippen LogP contribution is 2.24. The van der Waals surface area contributed by atoms with Crippen LogP contribution in [0.5, 0.6) is 0 Å². The van der Waals surface area contributed by atoms with Gasteiger partial charge in [0.1, 0.15) is 4.90 Å². The summed E-state index contributed by atoms with van der Waals surface area (Å²) in [5.74, 6) is 0. The predicted molar refractivity (Wildman–Crippen MR) is 78.8 cm³/mol. The second-order valence-electron chi connectivity index (χ2n) is 4.85. The maximum Gasteiger partial charge on any atom is 0.242 e. The number of nitrogens with one attached hydrogen (secondary N) is 2. The number of hydrogen-bond donors (Lipinski definition) is 4. The number of nitrogens with two attached hydrogens (primary N) is 1. The van der Waals surface area contributed by atoms with Gasteiger partial charge in [-0.1, -0.05) is 0 Å². The maximum absolute atomic E-state index is 12.2. The van der Waals surface area contributed by atoms with Crippen LogP contribution < -0.4 is 10.5 Å². The fourth-order valence-electron chi connectivity index (χ4n) is 2.02. The molecule has 0 aliphatic carbocycles. The first-order chi connectivity index (χ1) is 9.40. The zero-order valence-corrected chi connectivity index (χ0v) is 12.1. The van der Waals surface area contributed by atoms with Crippen molar-refractivity contribution in [3.8, 4) is 0 Å². The molecule has 1 unspecified atom stereocenters. The molecule has 0 spiro atoms. The smallest absolute Gasteiger partial charge is 0.242 e. The highest BCUT2D eigenvalue weighted by Gasteiger charge is 2.18. The molecule has 6 nitrogen and oxygen atoms in total. The Hall–Kier alpha value is -1.57. The number of nitrogen functional groups attached to an aromatic ring is 1. The summed E-state index contributed by atoms with van der Waals surface area (Å²) in [5.41, 5.74) is 6.93. The van der Waals surface area contributed by atoms with Crippen LogP contribution in [0.2, 0.25) is 0 Å². The summed E-state index contributed by atoms with van der Waals surface area (Å²) in [4.78, 5) is 3.12. The summed E-state index contributed by atoms with van der Waals surface area (Å²) in [6, 6.07) is 5.05. The number of anilines is 1. The third kappa shape index (κ3) is 3.30. The molecule has 0 bridgehead atoms. The molecule has 0 saturated heterocycles. The zero-order valence-electron chi connectivity index (χ0n) is 11.3. The number of sulfonamides is 1. The first-order valence-electron chi connectivity index (χ1n) is 6.44. The Balaban J connectivity index is 2.15. The highest BCUT2D eigenvalue weighted by atomic mass is 32.2. The van der Waals surface area contributed by atoms with Crippen molar-refractivity contribution in [2.24, 2.45) is 0 Å². The molecule has 5 N–H and O–H groups in total. The van der Waals surface area contributed by atoms with Crippen molar-refractivity contribution in [1.29, 1.82) is 0 Å². The lowest BCUT2D eigenvalue weighted by Crippen LogP contribution is -2.25. The van der Waals surface area contributed by atoms with Crippen LogP contribution in [-0.4, -0.2) is 31.2 Å². The Morgan fingerprint density at radius 3 is 2.90 bits per heavy atom. The lowest BCUT2D eigenvalue weighted by atomic mass is 10.2. The fraction of sp³-hybridized carbons (Fsp3) is 0.385. The minimum Gasteiger partial charge on any atom is -0.399 e. The molecule has 0 saturated carbocycles. The summed E-state index contributed by atoms with van der Waals surface area (Å²) < 4.78 is 27.0. The van der Waals surface area contributed by atoms with Crippen LogP contribution in [-0.2, 0) is 10.0 Å². The lowest BCUT2D eigenvalue weighted by Gasteiger charge is -2.07. The Morgan fingerprint density at radius 1 is 1.45 bits per heavy atom. The van der Waals surface area contributed by atoms with Crippen molar-refractivity contribution in [3.63, 3.8) is 0 Å². The van der Waals surface area contributed by atoms with Gasteiger partial charge in [-0.05, 0) is 38.0 Å². The Labute approximate surface area is 118 Å². The van der Waals surface area contributed by atoms with Gasteiger partial charge in [-0.15, -0.1) is 0 Å². The molecule has 0 aliphatic heterocycles. The first kappa shape index (κ1) is 14.8. The van der Waals surface area contributed by atoms with Crippen molar-refractivity contribution < 1.29 is 13.5 Å². The summed E-state index contributed by atoms with van der Waals surface area (Å²) in [5, 5.41) is 9.75. The Morgan fingerprint density at radius 2 is 2.20 bits per heavy atom. The minimum atomic E-state index is -3.56. The van der Waals surface area contributed by atoms with E-state index in [2.05, 4.69) is 9.71 Å². The molecule has 0 fully saturated rings. The van der Waals surface area contributed by atoms with E-state index in [4.69, 9.17) is 10.8 Å². The van der Waals surface area contributed by atoms with Gasteiger partial charge in [0.2, 0.25) is 10.0 Å². The van der Waals surface area contributed by atoms with Crippen molar-refractivity contribution >= 4 is 26.6 Å². The van der Waals surface area contributed by atoms with E-state index in [9.17, 15) is 8.42 Å². The third-order valence-electron chi connectivity index (χ3n) is 3.05. The van der Waals surface area contributed by atoms with E-state index in [0.29, 0.717) is 36.0 Å². The third-order valence-corrected chi connectivity index (χ3v) is 4.55. The molecule has 1 atom stereocenters. The van der Waals surface area contributed by atoms with Crippen LogP contribution >= 0.6 is 0 Å². The van der Waals surface area contributed by atoms with Crippen molar-refractivity contribution in [2.45, 2.75) is 30.8 Å². The number of aliphatic hydroxyl groups excluding tert-OH is 1. The van der Waals surface area contributed by atoms with E-state index in [1.807, 2.05) is 0 Å². The molecule has 20 heavy (non-hydrogen) atoms. The van der Waals surface area contributed by atoms with Crippen LogP contribution in [0.3, 0.4) is 0 Å². The maximum atomic E-state index is 12.2. The highest BCUT2D eigenvalue weighted by molar-refractivity contribution is 7.89. The molecular formula is C13H19N3O3S. The topological polar surface area (TPSA) is 108 Å². The van der Waals surface area contributed by atoms with Crippen molar-refractivity contribution in [2.75, 3.05) is 12.3 Å². The van der Waals surface area contributed by atoms with E-state index < -0.39 is 16.1 Å². The summed E-state index contributed by atoms with van der Waals surface area (Å²) in [6.07, 6.45) is 2.19. The van der Waals surface area contributed by atoms with Gasteiger partial charge in [-0.2, -0.15) is 0 Å². The monoisotopic (exact) mass is 297 g/mol. The predicted octanol–water partition coefficient (Wildman–Crippen LogP) is 1.19. The van der Waals surface area contributed by atoms with E-state index in [1.165, 1.54) is 6.20 Å². The molecule has 0 radical (unpaired) electrons. The molecule has 7 heteroatoms. The van der Waals surface area contributed by atoms with Crippen LogP contribution in [0.25, 0.3) is 10.9 Å². The van der Waals surface area contributed by atoms with Crippen LogP contribution in [0.15, 0.2) is 29.3 Å². The second-order valence-corrected chi connectivity index (χ2v) is 6.58. The molecule has 1 aromatic heterocycles. The van der Waals surface area contributed by atoms with Crippen molar-refractivity contribution in [1.82, 2.24) is 9.71 Å². The molecule has 2 rings (SSSR count). The zero-order chi connectivity index (χ0) is 14.8. The molecule has 0 aliphatic rings. The van der Waals surface area contributed by atoms with Crippen LogP contribution in [0.4, 0.5) is 5.69 Å². The van der Waals surface area contributed by atoms with Gasteiger partial charge < -0.3 is 15.8 Å². The van der Waals surface area contributed by atoms with Gasteiger partial charge in [-0.3, -0.25) is 0 Å². The quantitative estimate of drug-likeness (QED) is 0.474. The number of fused-ring (bicyclic) bond motifs is 1. The number of aromatic amines is 1.